The van der Waals surface area contributed by atoms with Crippen LogP contribution in [0.1, 0.15) is 6.42 Å². The lowest BCUT2D eigenvalue weighted by Crippen LogP contribution is -2.07. The van der Waals surface area contributed by atoms with Gasteiger partial charge in [-0.2, -0.15) is 0 Å². The zero-order valence-corrected chi connectivity index (χ0v) is 6.45. The van der Waals surface area contributed by atoms with Crippen LogP contribution in [-0.4, -0.2) is 17.7 Å². The monoisotopic (exact) mass is 141 g/mol. The fourth-order valence-corrected chi connectivity index (χ4v) is 1.42. The minimum atomic E-state index is 1.11. The van der Waals surface area contributed by atoms with Crippen molar-refractivity contribution in [3.63, 3.8) is 0 Å². The number of thioether (sulfide) groups is 1. The molecule has 1 heterocycles. The number of rotatable bonds is 0. The Bertz CT molecular complexity index is 140. The van der Waals surface area contributed by atoms with Crippen LogP contribution < -0.4 is 0 Å². The van der Waals surface area contributed by atoms with Gasteiger partial charge in [0.05, 0.1) is 0 Å². The van der Waals surface area contributed by atoms with Crippen molar-refractivity contribution < 1.29 is 0 Å². The first-order valence-corrected chi connectivity index (χ1v) is 4.04. The largest absolute Gasteiger partial charge is 0.354 e. The van der Waals surface area contributed by atoms with E-state index in [1.165, 1.54) is 11.4 Å². The summed E-state index contributed by atoms with van der Waals surface area (Å²) in [5.41, 5.74) is 1.20. The quantitative estimate of drug-likeness (QED) is 0.508. The van der Waals surface area contributed by atoms with E-state index in [1.807, 2.05) is 18.8 Å². The zero-order chi connectivity index (χ0) is 6.69. The van der Waals surface area contributed by atoms with Crippen LogP contribution in [0.25, 0.3) is 0 Å². The van der Waals surface area contributed by atoms with Gasteiger partial charge in [0.2, 0.25) is 0 Å². The first-order valence-electron chi connectivity index (χ1n) is 2.99. The molecule has 0 bridgehead atoms. The molecule has 0 aromatic rings. The Balaban J connectivity index is 2.56. The second-order valence-electron chi connectivity index (χ2n) is 2.08. The minimum absolute atomic E-state index is 1.11. The first-order chi connectivity index (χ1) is 4.30. The predicted molar refractivity (Wildman–Crippen MR) is 43.1 cm³/mol. The van der Waals surface area contributed by atoms with Crippen LogP contribution in [0, 0.1) is 0 Å². The summed E-state index contributed by atoms with van der Waals surface area (Å²) in [6, 6.07) is 0. The molecule has 0 aromatic carbocycles. The van der Waals surface area contributed by atoms with Gasteiger partial charge in [0.1, 0.15) is 0 Å². The normalized spacial score (nSPS) is 20.1. The van der Waals surface area contributed by atoms with Crippen molar-refractivity contribution in [2.75, 3.05) is 12.8 Å². The maximum atomic E-state index is 3.92. The van der Waals surface area contributed by atoms with E-state index in [4.69, 9.17) is 0 Å². The van der Waals surface area contributed by atoms with Gasteiger partial charge in [-0.25, -0.2) is 0 Å². The SMILES string of the molecule is C=C1CCSC=CN1C. The molecule has 0 atom stereocenters. The van der Waals surface area contributed by atoms with Crippen LogP contribution in [0.2, 0.25) is 0 Å². The zero-order valence-electron chi connectivity index (χ0n) is 5.63. The maximum absolute atomic E-state index is 3.92. The van der Waals surface area contributed by atoms with Crippen LogP contribution >= 0.6 is 11.8 Å². The number of nitrogens with zero attached hydrogens (tertiary/aromatic N) is 1. The Morgan fingerprint density at radius 1 is 1.78 bits per heavy atom. The molecule has 1 aliphatic heterocycles. The van der Waals surface area contributed by atoms with Crippen LogP contribution in [-0.2, 0) is 0 Å². The fraction of sp³-hybridized carbons (Fsp3) is 0.429. The second kappa shape index (κ2) is 2.97. The Morgan fingerprint density at radius 3 is 3.33 bits per heavy atom. The van der Waals surface area contributed by atoms with Gasteiger partial charge in [0.15, 0.2) is 0 Å². The lowest BCUT2D eigenvalue weighted by atomic mass is 10.3. The highest BCUT2D eigenvalue weighted by molar-refractivity contribution is 8.02. The van der Waals surface area contributed by atoms with Gasteiger partial charge >= 0.3 is 0 Å². The summed E-state index contributed by atoms with van der Waals surface area (Å²) >= 11 is 1.84. The van der Waals surface area contributed by atoms with Gasteiger partial charge in [-0.1, -0.05) is 6.58 Å². The highest BCUT2D eigenvalue weighted by atomic mass is 32.2. The molecule has 50 valence electrons. The van der Waals surface area contributed by atoms with Crippen molar-refractivity contribution in [2.24, 2.45) is 0 Å². The molecule has 0 aromatic heterocycles. The molecule has 0 N–H and O–H groups in total. The standard InChI is InChI=1S/C7H11NS/c1-7-3-5-9-6-4-8(7)2/h4,6H,1,3,5H2,2H3. The second-order valence-corrected chi connectivity index (χ2v) is 3.10. The van der Waals surface area contributed by atoms with E-state index < -0.39 is 0 Å². The van der Waals surface area contributed by atoms with Gasteiger partial charge in [-0.3, -0.25) is 0 Å². The summed E-state index contributed by atoms with van der Waals surface area (Å²) < 4.78 is 0. The maximum Gasteiger partial charge on any atom is 0.0109 e. The molecule has 0 aliphatic carbocycles. The lowest BCUT2D eigenvalue weighted by Gasteiger charge is -2.13. The molecule has 0 unspecified atom stereocenters. The summed E-state index contributed by atoms with van der Waals surface area (Å²) in [4.78, 5) is 2.07. The molecule has 0 fully saturated rings. The van der Waals surface area contributed by atoms with Crippen LogP contribution in [0.5, 0.6) is 0 Å². The van der Waals surface area contributed by atoms with E-state index in [-0.39, 0.29) is 0 Å². The summed E-state index contributed by atoms with van der Waals surface area (Å²) in [5, 5.41) is 2.11. The smallest absolute Gasteiger partial charge is 0.0109 e. The fourth-order valence-electron chi connectivity index (χ4n) is 0.661. The molecule has 0 saturated heterocycles. The molecule has 0 spiro atoms. The van der Waals surface area contributed by atoms with Gasteiger partial charge in [-0.15, -0.1) is 11.8 Å². The van der Waals surface area contributed by atoms with E-state index in [9.17, 15) is 0 Å². The summed E-state index contributed by atoms with van der Waals surface area (Å²) in [7, 11) is 2.03. The van der Waals surface area contributed by atoms with Gasteiger partial charge in [0, 0.05) is 24.7 Å². The van der Waals surface area contributed by atoms with E-state index in [0.29, 0.717) is 0 Å². The topological polar surface area (TPSA) is 3.24 Å². The van der Waals surface area contributed by atoms with Crippen molar-refractivity contribution in [3.8, 4) is 0 Å². The van der Waals surface area contributed by atoms with Crippen LogP contribution in [0.4, 0.5) is 0 Å². The molecule has 1 aliphatic rings. The molecular formula is C7H11NS. The van der Waals surface area contributed by atoms with Gasteiger partial charge in [0.25, 0.3) is 0 Å². The van der Waals surface area contributed by atoms with Crippen molar-refractivity contribution in [2.45, 2.75) is 6.42 Å². The molecule has 0 amide bonds. The van der Waals surface area contributed by atoms with Crippen molar-refractivity contribution in [3.05, 3.63) is 23.9 Å². The minimum Gasteiger partial charge on any atom is -0.354 e. The molecule has 1 rings (SSSR count). The van der Waals surface area contributed by atoms with Crippen LogP contribution in [0.3, 0.4) is 0 Å². The summed E-state index contributed by atoms with van der Waals surface area (Å²) in [6.07, 6.45) is 3.16. The average molecular weight is 141 g/mol. The Morgan fingerprint density at radius 2 is 2.56 bits per heavy atom. The van der Waals surface area contributed by atoms with Gasteiger partial charge < -0.3 is 4.90 Å². The summed E-state index contributed by atoms with van der Waals surface area (Å²) in [6.45, 7) is 3.92. The van der Waals surface area contributed by atoms with E-state index >= 15 is 0 Å². The molecule has 0 radical (unpaired) electrons. The Hall–Kier alpha value is -0.370. The third-order valence-electron chi connectivity index (χ3n) is 1.39. The third kappa shape index (κ3) is 1.79. The van der Waals surface area contributed by atoms with Crippen molar-refractivity contribution in [1.82, 2.24) is 4.90 Å². The molecular weight excluding hydrogens is 130 g/mol. The number of hydrogen-bond acceptors (Lipinski definition) is 2. The highest BCUT2D eigenvalue weighted by Crippen LogP contribution is 2.16. The average Bonchev–Trinajstić information content (AvgIpc) is 1.99. The molecule has 1 nitrogen and oxygen atoms in total. The lowest BCUT2D eigenvalue weighted by molar-refractivity contribution is 0.555. The molecule has 0 saturated carbocycles. The first kappa shape index (κ1) is 6.75. The van der Waals surface area contributed by atoms with Crippen molar-refractivity contribution >= 4 is 11.8 Å². The number of hydrogen-bond donors (Lipinski definition) is 0. The van der Waals surface area contributed by atoms with E-state index in [1.54, 1.807) is 0 Å². The van der Waals surface area contributed by atoms with Crippen LogP contribution in [0.15, 0.2) is 23.9 Å². The Labute approximate surface area is 60.4 Å². The van der Waals surface area contributed by atoms with Gasteiger partial charge in [-0.05, 0) is 11.8 Å². The van der Waals surface area contributed by atoms with E-state index in [2.05, 4.69) is 23.1 Å². The van der Waals surface area contributed by atoms with E-state index in [0.717, 1.165) is 6.42 Å². The third-order valence-corrected chi connectivity index (χ3v) is 2.14. The summed E-state index contributed by atoms with van der Waals surface area (Å²) in [5.74, 6) is 1.17. The molecule has 2 heteroatoms. The number of allylic oxidation sites excluding steroid dienone is 1. The molecule has 9 heavy (non-hydrogen) atoms. The van der Waals surface area contributed by atoms with Crippen molar-refractivity contribution in [1.29, 1.82) is 0 Å². The predicted octanol–water partition coefficient (Wildman–Crippen LogP) is 2.04. The highest BCUT2D eigenvalue weighted by Gasteiger charge is 2.00. The Kier molecular flexibility index (Phi) is 2.22.